The zero-order valence-corrected chi connectivity index (χ0v) is 9.76. The molecule has 0 rings (SSSR count). The van der Waals surface area contributed by atoms with Crippen LogP contribution in [0.1, 0.15) is 38.5 Å². The predicted octanol–water partition coefficient (Wildman–Crippen LogP) is 4.53. The van der Waals surface area contributed by atoms with Gasteiger partial charge >= 0.3 is 0 Å². The average Bonchev–Trinajstić information content (AvgIpc) is 1.96. The van der Waals surface area contributed by atoms with Crippen molar-refractivity contribution < 1.29 is 0 Å². The van der Waals surface area contributed by atoms with E-state index in [2.05, 4.69) is 15.9 Å². The zero-order chi connectivity index (χ0) is 8.53. The van der Waals surface area contributed by atoms with Crippen molar-refractivity contribution in [3.8, 4) is 0 Å². The van der Waals surface area contributed by atoms with Gasteiger partial charge in [-0.1, -0.05) is 41.6 Å². The van der Waals surface area contributed by atoms with Gasteiger partial charge in [-0.05, 0) is 12.8 Å². The van der Waals surface area contributed by atoms with Crippen molar-refractivity contribution >= 4 is 39.1 Å². The van der Waals surface area contributed by atoms with E-state index in [1.165, 1.54) is 25.7 Å². The minimum atomic E-state index is 0.163. The zero-order valence-electron chi connectivity index (χ0n) is 6.66. The van der Waals surface area contributed by atoms with Crippen molar-refractivity contribution in [1.82, 2.24) is 0 Å². The number of rotatable bonds is 7. The number of hydrogen-bond donors (Lipinski definition) is 0. The number of hydrogen-bond acceptors (Lipinski definition) is 0. The van der Waals surface area contributed by atoms with Gasteiger partial charge in [-0.3, -0.25) is 0 Å². The minimum Gasteiger partial charge on any atom is -0.127 e. The Kier molecular flexibility index (Phi) is 10.0. The maximum atomic E-state index is 5.71. The summed E-state index contributed by atoms with van der Waals surface area (Å²) in [5, 5.41) is 0. The quantitative estimate of drug-likeness (QED) is 0.467. The average molecular weight is 262 g/mol. The molecule has 0 nitrogen and oxygen atoms in total. The molecule has 1 atom stereocenters. The molecule has 0 heterocycles. The molecule has 0 N–H and O–H groups in total. The van der Waals surface area contributed by atoms with Crippen molar-refractivity contribution in [2.45, 2.75) is 42.8 Å². The highest BCUT2D eigenvalue weighted by Gasteiger charge is 1.96. The lowest BCUT2D eigenvalue weighted by Crippen LogP contribution is -1.86. The van der Waals surface area contributed by atoms with Crippen LogP contribution in [0.4, 0.5) is 0 Å². The first-order valence-electron chi connectivity index (χ1n) is 4.11. The van der Waals surface area contributed by atoms with Gasteiger partial charge in [0, 0.05) is 5.88 Å². The molecule has 0 bridgehead atoms. The van der Waals surface area contributed by atoms with E-state index in [1.54, 1.807) is 0 Å². The van der Waals surface area contributed by atoms with Crippen LogP contribution in [-0.2, 0) is 0 Å². The van der Waals surface area contributed by atoms with Gasteiger partial charge in [0.1, 0.15) is 0 Å². The molecule has 0 saturated heterocycles. The van der Waals surface area contributed by atoms with Crippen LogP contribution in [-0.4, -0.2) is 10.2 Å². The third kappa shape index (κ3) is 11.1. The topological polar surface area (TPSA) is 0 Å². The monoisotopic (exact) mass is 260 g/mol. The van der Waals surface area contributed by atoms with Crippen LogP contribution in [0.5, 0.6) is 0 Å². The molecule has 3 heteroatoms. The summed E-state index contributed by atoms with van der Waals surface area (Å²) in [6, 6.07) is 0. The van der Waals surface area contributed by atoms with Crippen molar-refractivity contribution in [2.24, 2.45) is 0 Å². The Balaban J connectivity index is 2.80. The van der Waals surface area contributed by atoms with Gasteiger partial charge in [0.05, 0.1) is 4.29 Å². The van der Waals surface area contributed by atoms with Crippen molar-refractivity contribution in [1.29, 1.82) is 0 Å². The van der Waals surface area contributed by atoms with Crippen LogP contribution in [0.2, 0.25) is 0 Å². The smallest absolute Gasteiger partial charge is 0.0886 e. The van der Waals surface area contributed by atoms with Crippen molar-refractivity contribution in [3.63, 3.8) is 0 Å². The molecule has 11 heavy (non-hydrogen) atoms. The van der Waals surface area contributed by atoms with Gasteiger partial charge in [0.25, 0.3) is 0 Å². The van der Waals surface area contributed by atoms with Crippen LogP contribution in [0.25, 0.3) is 0 Å². The second-order valence-corrected chi connectivity index (χ2v) is 5.17. The molecule has 0 aromatic heterocycles. The summed E-state index contributed by atoms with van der Waals surface area (Å²) in [5.41, 5.74) is 0. The van der Waals surface area contributed by atoms with Crippen molar-refractivity contribution in [3.05, 3.63) is 0 Å². The highest BCUT2D eigenvalue weighted by molar-refractivity contribution is 9.10. The summed E-state index contributed by atoms with van der Waals surface area (Å²) in [6.07, 6.45) is 7.29. The molecular weight excluding hydrogens is 247 g/mol. The Morgan fingerprint density at radius 3 is 2.09 bits per heavy atom. The Labute approximate surface area is 87.8 Å². The SMILES string of the molecule is ClCCCCCCCC(Cl)Br. The first-order valence-corrected chi connectivity index (χ1v) is 6.00. The number of halogens is 3. The second kappa shape index (κ2) is 9.15. The maximum Gasteiger partial charge on any atom is 0.0886 e. The number of unbranched alkanes of at least 4 members (excludes halogenated alkanes) is 4. The molecule has 0 aromatic carbocycles. The third-order valence-corrected chi connectivity index (χ3v) is 2.50. The molecule has 0 aromatic rings. The molecule has 0 aliphatic rings. The molecule has 1 unspecified atom stereocenters. The molecule has 68 valence electrons. The first-order chi connectivity index (χ1) is 5.27. The molecule has 0 saturated carbocycles. The van der Waals surface area contributed by atoms with Crippen LogP contribution in [0.3, 0.4) is 0 Å². The molecule has 0 aliphatic carbocycles. The first kappa shape index (κ1) is 12.1. The molecular formula is C8H15BrCl2. The largest absolute Gasteiger partial charge is 0.127 e. The lowest BCUT2D eigenvalue weighted by Gasteiger charge is -2.00. The molecule has 0 aliphatic heterocycles. The van der Waals surface area contributed by atoms with Gasteiger partial charge in [0.15, 0.2) is 0 Å². The Morgan fingerprint density at radius 2 is 1.55 bits per heavy atom. The standard InChI is InChI=1S/C8H15BrCl2/c9-8(11)6-4-2-1-3-5-7-10/h8H,1-7H2. The van der Waals surface area contributed by atoms with E-state index in [-0.39, 0.29) is 4.29 Å². The fourth-order valence-electron chi connectivity index (χ4n) is 0.923. The molecule has 0 amide bonds. The van der Waals surface area contributed by atoms with Gasteiger partial charge in [-0.15, -0.1) is 23.2 Å². The van der Waals surface area contributed by atoms with E-state index in [1.807, 2.05) is 0 Å². The van der Waals surface area contributed by atoms with E-state index in [9.17, 15) is 0 Å². The van der Waals surface area contributed by atoms with Crippen LogP contribution in [0, 0.1) is 0 Å². The summed E-state index contributed by atoms with van der Waals surface area (Å²) in [7, 11) is 0. The summed E-state index contributed by atoms with van der Waals surface area (Å²) in [5.74, 6) is 0.802. The molecule has 0 fully saturated rings. The van der Waals surface area contributed by atoms with Crippen molar-refractivity contribution in [2.75, 3.05) is 5.88 Å². The molecule has 0 radical (unpaired) electrons. The van der Waals surface area contributed by atoms with E-state index in [0.29, 0.717) is 0 Å². The van der Waals surface area contributed by atoms with Crippen LogP contribution in [0.15, 0.2) is 0 Å². The van der Waals surface area contributed by atoms with Crippen LogP contribution < -0.4 is 0 Å². The highest BCUT2D eigenvalue weighted by Crippen LogP contribution is 2.15. The van der Waals surface area contributed by atoms with E-state index < -0.39 is 0 Å². The third-order valence-electron chi connectivity index (χ3n) is 1.56. The van der Waals surface area contributed by atoms with E-state index in [4.69, 9.17) is 23.2 Å². The number of alkyl halides is 3. The summed E-state index contributed by atoms with van der Waals surface area (Å²) >= 11 is 14.6. The lowest BCUT2D eigenvalue weighted by atomic mass is 10.1. The summed E-state index contributed by atoms with van der Waals surface area (Å²) in [4.78, 5) is 0. The second-order valence-electron chi connectivity index (χ2n) is 2.64. The van der Waals surface area contributed by atoms with Gasteiger partial charge in [0.2, 0.25) is 0 Å². The molecule has 0 spiro atoms. The van der Waals surface area contributed by atoms with Gasteiger partial charge < -0.3 is 0 Å². The lowest BCUT2D eigenvalue weighted by molar-refractivity contribution is 0.624. The highest BCUT2D eigenvalue weighted by atomic mass is 79.9. The Hall–Kier alpha value is 1.06. The fraction of sp³-hybridized carbons (Fsp3) is 1.00. The normalized spacial score (nSPS) is 13.4. The van der Waals surface area contributed by atoms with Crippen LogP contribution >= 0.6 is 39.1 Å². The summed E-state index contributed by atoms with van der Waals surface area (Å²) in [6.45, 7) is 0. The van der Waals surface area contributed by atoms with Gasteiger partial charge in [-0.25, -0.2) is 0 Å². The van der Waals surface area contributed by atoms with E-state index >= 15 is 0 Å². The van der Waals surface area contributed by atoms with Gasteiger partial charge in [-0.2, -0.15) is 0 Å². The predicted molar refractivity (Wildman–Crippen MR) is 57.0 cm³/mol. The Bertz CT molecular complexity index is 76.5. The maximum absolute atomic E-state index is 5.71. The Morgan fingerprint density at radius 1 is 1.00 bits per heavy atom. The van der Waals surface area contributed by atoms with E-state index in [0.717, 1.165) is 18.7 Å². The summed E-state index contributed by atoms with van der Waals surface area (Å²) < 4.78 is 0.163. The minimum absolute atomic E-state index is 0.163. The fourth-order valence-corrected chi connectivity index (χ4v) is 1.59.